The molecule has 0 atom stereocenters. The average molecular weight is 275 g/mol. The van der Waals surface area contributed by atoms with E-state index in [0.29, 0.717) is 11.3 Å². The maximum Gasteiger partial charge on any atom is 0.256 e. The zero-order valence-corrected chi connectivity index (χ0v) is 10.1. The summed E-state index contributed by atoms with van der Waals surface area (Å²) in [5.41, 5.74) is 1.03. The molecule has 2 aromatic carbocycles. The second kappa shape index (κ2) is 4.52. The highest BCUT2D eigenvalue weighted by Crippen LogP contribution is 2.33. The number of amides is 1. The number of rotatable bonds is 1. The van der Waals surface area contributed by atoms with Crippen LogP contribution in [0.1, 0.15) is 11.1 Å². The maximum atomic E-state index is 13.6. The number of carbonyl (C=O) groups excluding carboxylic acids is 1. The van der Waals surface area contributed by atoms with E-state index in [0.717, 1.165) is 12.1 Å². The van der Waals surface area contributed by atoms with Crippen molar-refractivity contribution in [1.29, 1.82) is 0 Å². The van der Waals surface area contributed by atoms with E-state index in [2.05, 4.69) is 5.32 Å². The Kier molecular flexibility index (Phi) is 2.82. The number of nitrogens with one attached hydrogen (secondary N) is 1. The van der Waals surface area contributed by atoms with Gasteiger partial charge in [0, 0.05) is 28.5 Å². The zero-order chi connectivity index (χ0) is 14.3. The highest BCUT2D eigenvalue weighted by atomic mass is 19.1. The quantitative estimate of drug-likeness (QED) is 0.792. The van der Waals surface area contributed by atoms with Crippen LogP contribution < -0.4 is 5.32 Å². The van der Waals surface area contributed by atoms with Gasteiger partial charge in [0.2, 0.25) is 0 Å². The molecule has 0 aromatic heterocycles. The summed E-state index contributed by atoms with van der Waals surface area (Å²) < 4.78 is 39.7. The van der Waals surface area contributed by atoms with Crippen LogP contribution in [0.25, 0.3) is 11.6 Å². The van der Waals surface area contributed by atoms with E-state index < -0.39 is 23.4 Å². The van der Waals surface area contributed by atoms with E-state index in [1.807, 2.05) is 0 Å². The van der Waals surface area contributed by atoms with E-state index in [4.69, 9.17) is 0 Å². The molecule has 0 unspecified atom stereocenters. The minimum absolute atomic E-state index is 0.0636. The van der Waals surface area contributed by atoms with Crippen molar-refractivity contribution in [3.8, 4) is 0 Å². The number of hydrogen-bond donors (Lipinski definition) is 1. The lowest BCUT2D eigenvalue weighted by Gasteiger charge is -2.00. The van der Waals surface area contributed by atoms with Gasteiger partial charge in [0.05, 0.1) is 0 Å². The molecule has 0 saturated heterocycles. The molecule has 1 N–H and O–H groups in total. The number of halogens is 3. The first kappa shape index (κ1) is 12.5. The molecule has 2 aromatic rings. The Morgan fingerprint density at radius 2 is 1.65 bits per heavy atom. The second-order valence-electron chi connectivity index (χ2n) is 4.37. The van der Waals surface area contributed by atoms with Gasteiger partial charge >= 0.3 is 0 Å². The van der Waals surface area contributed by atoms with Gasteiger partial charge in [-0.25, -0.2) is 13.2 Å². The maximum absolute atomic E-state index is 13.6. The second-order valence-corrected chi connectivity index (χ2v) is 4.37. The predicted octanol–water partition coefficient (Wildman–Crippen LogP) is 3.60. The van der Waals surface area contributed by atoms with Crippen LogP contribution >= 0.6 is 0 Å². The largest absolute Gasteiger partial charge is 0.321 e. The van der Waals surface area contributed by atoms with Crippen LogP contribution in [0, 0.1) is 17.5 Å². The Hall–Kier alpha value is -2.56. The van der Waals surface area contributed by atoms with E-state index in [1.54, 1.807) is 0 Å². The van der Waals surface area contributed by atoms with Crippen LogP contribution in [0.3, 0.4) is 0 Å². The molecule has 3 rings (SSSR count). The molecule has 1 aliphatic rings. The minimum atomic E-state index is -0.782. The third-order valence-electron chi connectivity index (χ3n) is 3.03. The number of benzene rings is 2. The fourth-order valence-corrected chi connectivity index (χ4v) is 2.08. The van der Waals surface area contributed by atoms with Crippen LogP contribution in [-0.4, -0.2) is 5.91 Å². The van der Waals surface area contributed by atoms with Gasteiger partial charge in [-0.3, -0.25) is 4.79 Å². The summed E-state index contributed by atoms with van der Waals surface area (Å²) in [6.45, 7) is 0. The van der Waals surface area contributed by atoms with Crippen LogP contribution in [-0.2, 0) is 4.79 Å². The Morgan fingerprint density at radius 1 is 0.950 bits per heavy atom. The van der Waals surface area contributed by atoms with Crippen LogP contribution in [0.2, 0.25) is 0 Å². The van der Waals surface area contributed by atoms with Crippen LogP contribution in [0.15, 0.2) is 36.4 Å². The van der Waals surface area contributed by atoms with E-state index in [-0.39, 0.29) is 11.1 Å². The van der Waals surface area contributed by atoms with Crippen LogP contribution in [0.4, 0.5) is 18.9 Å². The van der Waals surface area contributed by atoms with Crippen molar-refractivity contribution in [3.63, 3.8) is 0 Å². The molecular weight excluding hydrogens is 267 g/mol. The topological polar surface area (TPSA) is 29.1 Å². The molecule has 1 aliphatic heterocycles. The van der Waals surface area contributed by atoms with Crippen molar-refractivity contribution in [3.05, 3.63) is 65.0 Å². The third kappa shape index (κ3) is 2.07. The molecule has 0 aliphatic carbocycles. The fourth-order valence-electron chi connectivity index (χ4n) is 2.08. The van der Waals surface area contributed by atoms with Gasteiger partial charge in [-0.15, -0.1) is 0 Å². The Labute approximate surface area is 112 Å². The lowest BCUT2D eigenvalue weighted by molar-refractivity contribution is -0.110. The lowest BCUT2D eigenvalue weighted by Crippen LogP contribution is -2.03. The normalized spacial score (nSPS) is 15.3. The predicted molar refractivity (Wildman–Crippen MR) is 69.3 cm³/mol. The Morgan fingerprint density at radius 3 is 2.40 bits per heavy atom. The highest BCUT2D eigenvalue weighted by Gasteiger charge is 2.24. The van der Waals surface area contributed by atoms with Gasteiger partial charge in [-0.05, 0) is 36.4 Å². The molecular formula is C15H8F3NO. The molecule has 0 saturated carbocycles. The summed E-state index contributed by atoms with van der Waals surface area (Å²) in [6, 6.07) is 6.90. The monoisotopic (exact) mass is 275 g/mol. The summed E-state index contributed by atoms with van der Waals surface area (Å²) in [7, 11) is 0. The molecule has 0 fully saturated rings. The fraction of sp³-hybridized carbons (Fsp3) is 0. The molecule has 5 heteroatoms. The van der Waals surface area contributed by atoms with Gasteiger partial charge < -0.3 is 5.32 Å². The zero-order valence-electron chi connectivity index (χ0n) is 10.1. The molecule has 20 heavy (non-hydrogen) atoms. The number of hydrogen-bond acceptors (Lipinski definition) is 1. The summed E-state index contributed by atoms with van der Waals surface area (Å²) in [4.78, 5) is 11.8. The van der Waals surface area contributed by atoms with Gasteiger partial charge in [-0.1, -0.05) is 0 Å². The lowest BCUT2D eigenvalue weighted by atomic mass is 10.0. The standard InChI is InChI=1S/C15H8F3NO/c16-9-3-4-14-11(6-9)12(15(20)19-14)5-8-1-2-10(17)7-13(8)18/h1-7H,(H,19,20)/b12-5-. The van der Waals surface area contributed by atoms with Crippen molar-refractivity contribution in [2.45, 2.75) is 0 Å². The summed E-state index contributed by atoms with van der Waals surface area (Å²) >= 11 is 0. The van der Waals surface area contributed by atoms with Crippen molar-refractivity contribution < 1.29 is 18.0 Å². The number of anilines is 1. The van der Waals surface area contributed by atoms with Crippen molar-refractivity contribution >= 4 is 23.2 Å². The van der Waals surface area contributed by atoms with Gasteiger partial charge in [0.1, 0.15) is 17.5 Å². The minimum Gasteiger partial charge on any atom is -0.321 e. The van der Waals surface area contributed by atoms with Crippen LogP contribution in [0.5, 0.6) is 0 Å². The van der Waals surface area contributed by atoms with Gasteiger partial charge in [-0.2, -0.15) is 0 Å². The van der Waals surface area contributed by atoms with Crippen molar-refractivity contribution in [2.75, 3.05) is 5.32 Å². The summed E-state index contributed by atoms with van der Waals surface area (Å²) in [6.07, 6.45) is 1.27. The number of fused-ring (bicyclic) bond motifs is 1. The van der Waals surface area contributed by atoms with E-state index >= 15 is 0 Å². The molecule has 2 nitrogen and oxygen atoms in total. The first-order chi connectivity index (χ1) is 9.54. The molecule has 0 radical (unpaired) electrons. The Bertz CT molecular complexity index is 753. The molecule has 100 valence electrons. The molecule has 0 spiro atoms. The van der Waals surface area contributed by atoms with E-state index in [9.17, 15) is 18.0 Å². The highest BCUT2D eigenvalue weighted by molar-refractivity contribution is 6.34. The SMILES string of the molecule is O=C1Nc2ccc(F)cc2/C1=C/c1ccc(F)cc1F. The van der Waals surface area contributed by atoms with E-state index in [1.165, 1.54) is 30.3 Å². The number of carbonyl (C=O) groups is 1. The first-order valence-electron chi connectivity index (χ1n) is 5.82. The summed E-state index contributed by atoms with van der Waals surface area (Å²) in [5.74, 6) is -2.43. The first-order valence-corrected chi connectivity index (χ1v) is 5.82. The molecule has 1 amide bonds. The molecule has 1 heterocycles. The van der Waals surface area contributed by atoms with Crippen molar-refractivity contribution in [1.82, 2.24) is 0 Å². The Balaban J connectivity index is 2.13. The van der Waals surface area contributed by atoms with Gasteiger partial charge in [0.25, 0.3) is 5.91 Å². The molecule has 0 bridgehead atoms. The smallest absolute Gasteiger partial charge is 0.256 e. The average Bonchev–Trinajstić information content (AvgIpc) is 2.69. The third-order valence-corrected chi connectivity index (χ3v) is 3.03. The van der Waals surface area contributed by atoms with Crippen molar-refractivity contribution in [2.24, 2.45) is 0 Å². The van der Waals surface area contributed by atoms with Gasteiger partial charge in [0.15, 0.2) is 0 Å². The summed E-state index contributed by atoms with van der Waals surface area (Å²) in [5, 5.41) is 2.56.